The van der Waals surface area contributed by atoms with Crippen LogP contribution in [-0.2, 0) is 14.3 Å². The van der Waals surface area contributed by atoms with E-state index in [2.05, 4.69) is 13.5 Å². The predicted molar refractivity (Wildman–Crippen MR) is 145 cm³/mol. The quantitative estimate of drug-likeness (QED) is 0.164. The average molecular weight is 493 g/mol. The Morgan fingerprint density at radius 1 is 0.917 bits per heavy atom. The van der Waals surface area contributed by atoms with Gasteiger partial charge >= 0.3 is 11.9 Å². The van der Waals surface area contributed by atoms with Gasteiger partial charge in [0, 0.05) is 6.08 Å². The van der Waals surface area contributed by atoms with Crippen molar-refractivity contribution in [1.29, 1.82) is 0 Å². The van der Waals surface area contributed by atoms with Gasteiger partial charge < -0.3 is 19.7 Å². The largest absolute Gasteiger partial charge is 0.508 e. The van der Waals surface area contributed by atoms with E-state index in [1.165, 1.54) is 0 Å². The number of hydrogen-bond donors (Lipinski definition) is 2. The first-order valence-electron chi connectivity index (χ1n) is 11.7. The van der Waals surface area contributed by atoms with Crippen molar-refractivity contribution < 1.29 is 29.3 Å². The Bertz CT molecular complexity index is 1050. The van der Waals surface area contributed by atoms with E-state index in [-0.39, 0.29) is 11.3 Å². The molecule has 2 rings (SSSR count). The maximum atomic E-state index is 11.2. The van der Waals surface area contributed by atoms with Crippen LogP contribution in [0.15, 0.2) is 85.0 Å². The maximum absolute atomic E-state index is 11.2. The Morgan fingerprint density at radius 3 is 1.92 bits per heavy atom. The van der Waals surface area contributed by atoms with Crippen LogP contribution in [0.3, 0.4) is 0 Å². The predicted octanol–water partition coefficient (Wildman–Crippen LogP) is 6.82. The monoisotopic (exact) mass is 492 g/mol. The van der Waals surface area contributed by atoms with E-state index < -0.39 is 17.5 Å². The molecule has 0 heterocycles. The fraction of sp³-hybridized carbons (Fsp3) is 0.267. The van der Waals surface area contributed by atoms with Crippen molar-refractivity contribution in [3.63, 3.8) is 0 Å². The zero-order chi connectivity index (χ0) is 27.0. The number of hydrogen-bond acceptors (Lipinski definition) is 5. The van der Waals surface area contributed by atoms with Gasteiger partial charge in [-0.05, 0) is 68.7 Å². The third kappa shape index (κ3) is 14.3. The molecule has 0 aliphatic carbocycles. The number of allylic oxidation sites excluding steroid dienone is 2. The first-order valence-corrected chi connectivity index (χ1v) is 11.7. The van der Waals surface area contributed by atoms with Crippen LogP contribution >= 0.6 is 0 Å². The van der Waals surface area contributed by atoms with Gasteiger partial charge in [0.25, 0.3) is 0 Å². The molecule has 6 nitrogen and oxygen atoms in total. The molecule has 2 aromatic carbocycles. The number of carbonyl (C=O) groups excluding carboxylic acids is 1. The highest BCUT2D eigenvalue weighted by Gasteiger charge is 2.17. The van der Waals surface area contributed by atoms with Crippen molar-refractivity contribution >= 4 is 24.1 Å². The number of carbonyl (C=O) groups is 2. The first kappa shape index (κ1) is 30.0. The summed E-state index contributed by atoms with van der Waals surface area (Å²) in [7, 11) is 0. The molecule has 0 aromatic heterocycles. The van der Waals surface area contributed by atoms with E-state index in [4.69, 9.17) is 14.6 Å². The van der Waals surface area contributed by atoms with Gasteiger partial charge in [-0.15, -0.1) is 0 Å². The third-order valence-corrected chi connectivity index (χ3v) is 4.32. The smallest absolute Gasteiger partial charge is 0.338 e. The third-order valence-electron chi connectivity index (χ3n) is 4.32. The lowest BCUT2D eigenvalue weighted by Gasteiger charge is -2.19. The van der Waals surface area contributed by atoms with Crippen LogP contribution in [0.1, 0.15) is 51.7 Å². The Hall–Kier alpha value is -4.06. The van der Waals surface area contributed by atoms with Crippen LogP contribution in [0, 0.1) is 0 Å². The molecule has 2 aromatic rings. The van der Waals surface area contributed by atoms with Crippen molar-refractivity contribution in [2.75, 3.05) is 6.61 Å². The lowest BCUT2D eigenvalue weighted by atomic mass is 10.2. The summed E-state index contributed by atoms with van der Waals surface area (Å²) in [5.41, 5.74) is 1.61. The Kier molecular flexibility index (Phi) is 13.1. The van der Waals surface area contributed by atoms with Gasteiger partial charge in [0.15, 0.2) is 0 Å². The summed E-state index contributed by atoms with van der Waals surface area (Å²) in [5, 5.41) is 17.5. The van der Waals surface area contributed by atoms with E-state index in [1.54, 1.807) is 32.9 Å². The highest BCUT2D eigenvalue weighted by atomic mass is 16.6. The van der Waals surface area contributed by atoms with Crippen molar-refractivity contribution in [3.8, 4) is 11.5 Å². The topological polar surface area (TPSA) is 93.1 Å². The number of carboxylic acid groups (broad SMARTS) is 1. The van der Waals surface area contributed by atoms with Crippen molar-refractivity contribution in [1.82, 2.24) is 0 Å². The summed E-state index contributed by atoms with van der Waals surface area (Å²) in [4.78, 5) is 21.3. The van der Waals surface area contributed by atoms with Gasteiger partial charge in [0.1, 0.15) is 17.1 Å². The molecule has 2 N–H and O–H groups in total. The number of esters is 1. The molecule has 192 valence electrons. The summed E-state index contributed by atoms with van der Waals surface area (Å²) < 4.78 is 10.6. The fourth-order valence-electron chi connectivity index (χ4n) is 2.51. The normalized spacial score (nSPS) is 11.3. The standard InChI is InChI=1S/C20H22O2.C10H14O4/c1-2-3-16-22-20-14-10-18(11-15-20)7-5-4-6-17-8-12-19(21)13-9-17;1-7(5-6-8(11)12)9(13)14-10(2,3)4/h4-15,21H,2-3,16H2,1H3;5-6H,1H2,2-4H3,(H,11,12). The van der Waals surface area contributed by atoms with Crippen molar-refractivity contribution in [2.45, 2.75) is 46.1 Å². The zero-order valence-electron chi connectivity index (χ0n) is 21.4. The number of phenols is 1. The summed E-state index contributed by atoms with van der Waals surface area (Å²) in [6.45, 7) is 11.5. The van der Waals surface area contributed by atoms with Gasteiger partial charge in [-0.3, -0.25) is 0 Å². The fourth-order valence-corrected chi connectivity index (χ4v) is 2.51. The van der Waals surface area contributed by atoms with Crippen LogP contribution in [0.2, 0.25) is 0 Å². The highest BCUT2D eigenvalue weighted by molar-refractivity contribution is 5.93. The van der Waals surface area contributed by atoms with Crippen LogP contribution in [0.4, 0.5) is 0 Å². The number of benzene rings is 2. The molecule has 0 saturated carbocycles. The van der Waals surface area contributed by atoms with E-state index >= 15 is 0 Å². The van der Waals surface area contributed by atoms with E-state index in [9.17, 15) is 14.7 Å². The zero-order valence-corrected chi connectivity index (χ0v) is 21.4. The Labute approximate surface area is 213 Å². The molecule has 0 aliphatic heterocycles. The molecule has 0 atom stereocenters. The molecule has 0 spiro atoms. The van der Waals surface area contributed by atoms with Crippen molar-refractivity contribution in [3.05, 3.63) is 96.1 Å². The average Bonchev–Trinajstić information content (AvgIpc) is 2.82. The molecule has 0 aliphatic rings. The van der Waals surface area contributed by atoms with Gasteiger partial charge in [-0.25, -0.2) is 9.59 Å². The number of aliphatic carboxylic acids is 1. The molecule has 0 bridgehead atoms. The van der Waals surface area contributed by atoms with Gasteiger partial charge in [0.05, 0.1) is 12.2 Å². The van der Waals surface area contributed by atoms with E-state index in [0.717, 1.165) is 48.5 Å². The highest BCUT2D eigenvalue weighted by Crippen LogP contribution is 2.15. The number of ether oxygens (including phenoxy) is 2. The van der Waals surface area contributed by atoms with Crippen LogP contribution in [0.5, 0.6) is 11.5 Å². The van der Waals surface area contributed by atoms with Crippen LogP contribution < -0.4 is 4.74 Å². The number of carboxylic acids is 1. The van der Waals surface area contributed by atoms with Gasteiger partial charge in [-0.1, -0.05) is 68.5 Å². The number of unbranched alkanes of at least 4 members (excludes halogenated alkanes) is 1. The van der Waals surface area contributed by atoms with E-state index in [0.29, 0.717) is 0 Å². The molecule has 6 heteroatoms. The van der Waals surface area contributed by atoms with E-state index in [1.807, 2.05) is 60.7 Å². The molecular weight excluding hydrogens is 456 g/mol. The second-order valence-corrected chi connectivity index (χ2v) is 8.78. The molecule has 0 amide bonds. The summed E-state index contributed by atoms with van der Waals surface area (Å²) >= 11 is 0. The molecule has 36 heavy (non-hydrogen) atoms. The lowest BCUT2D eigenvalue weighted by molar-refractivity contribution is -0.149. The second-order valence-electron chi connectivity index (χ2n) is 8.78. The number of rotatable bonds is 10. The van der Waals surface area contributed by atoms with Gasteiger partial charge in [0.2, 0.25) is 0 Å². The first-order chi connectivity index (χ1) is 17.0. The minimum Gasteiger partial charge on any atom is -0.508 e. The van der Waals surface area contributed by atoms with Crippen molar-refractivity contribution in [2.24, 2.45) is 0 Å². The molecule has 0 fully saturated rings. The summed E-state index contributed by atoms with van der Waals surface area (Å²) in [6.07, 6.45) is 12.2. The number of phenolic OH excluding ortho intramolecular Hbond substituents is 1. The number of aromatic hydroxyl groups is 1. The van der Waals surface area contributed by atoms with Crippen LogP contribution in [0.25, 0.3) is 12.2 Å². The molecule has 0 unspecified atom stereocenters. The minimum atomic E-state index is -1.13. The maximum Gasteiger partial charge on any atom is 0.338 e. The summed E-state index contributed by atoms with van der Waals surface area (Å²) in [5.74, 6) is -0.538. The molecule has 0 radical (unpaired) electrons. The second kappa shape index (κ2) is 15.8. The van der Waals surface area contributed by atoms with Gasteiger partial charge in [-0.2, -0.15) is 0 Å². The Balaban J connectivity index is 0.000000402. The minimum absolute atomic E-state index is 0.0160. The summed E-state index contributed by atoms with van der Waals surface area (Å²) in [6, 6.07) is 15.2. The Morgan fingerprint density at radius 2 is 1.44 bits per heavy atom. The molecular formula is C30H36O6. The lowest BCUT2D eigenvalue weighted by Crippen LogP contribution is -2.24. The van der Waals surface area contributed by atoms with Crippen LogP contribution in [-0.4, -0.2) is 34.4 Å². The SMILES string of the molecule is C=C(C=CC(=O)O)C(=O)OC(C)(C)C.CCCCOc1ccc(C=CC=Cc2ccc(O)cc2)cc1. The molecule has 0 saturated heterocycles.